The highest BCUT2D eigenvalue weighted by atomic mass is 32.2. The zero-order valence-electron chi connectivity index (χ0n) is 15.6. The molecule has 1 aliphatic carbocycles. The number of hydrogen-bond acceptors (Lipinski definition) is 5. The highest BCUT2D eigenvalue weighted by Gasteiger charge is 2.15. The molecule has 1 heterocycles. The van der Waals surface area contributed by atoms with Crippen LogP contribution in [0.2, 0.25) is 0 Å². The van der Waals surface area contributed by atoms with Crippen LogP contribution in [0.4, 0.5) is 10.6 Å². The predicted molar refractivity (Wildman–Crippen MR) is 105 cm³/mol. The molecule has 0 saturated heterocycles. The van der Waals surface area contributed by atoms with Crippen molar-refractivity contribution in [2.75, 3.05) is 23.9 Å². The summed E-state index contributed by atoms with van der Waals surface area (Å²) in [5.41, 5.74) is -0.308. The number of carbonyl (C=O) groups is 1. The van der Waals surface area contributed by atoms with Gasteiger partial charge in [0.1, 0.15) is 12.4 Å². The van der Waals surface area contributed by atoms with E-state index >= 15 is 0 Å². The zero-order chi connectivity index (χ0) is 18.5. The molecule has 1 amide bonds. The van der Waals surface area contributed by atoms with Crippen LogP contribution in [0.15, 0.2) is 17.1 Å². The van der Waals surface area contributed by atoms with Gasteiger partial charge in [-0.2, -0.15) is 16.7 Å². The molecule has 1 N–H and O–H groups in total. The summed E-state index contributed by atoms with van der Waals surface area (Å²) >= 11 is 1.60. The monoisotopic (exact) mass is 369 g/mol. The van der Waals surface area contributed by atoms with Crippen LogP contribution in [-0.2, 0) is 4.74 Å². The molecule has 0 spiro atoms. The van der Waals surface area contributed by atoms with Gasteiger partial charge in [-0.3, -0.25) is 9.88 Å². The van der Waals surface area contributed by atoms with Gasteiger partial charge in [-0.1, -0.05) is 46.0 Å². The van der Waals surface area contributed by atoms with E-state index in [0.717, 1.165) is 31.4 Å². The number of anilines is 1. The summed E-state index contributed by atoms with van der Waals surface area (Å²) in [7, 11) is 0. The van der Waals surface area contributed by atoms with Gasteiger partial charge < -0.3 is 4.74 Å². The van der Waals surface area contributed by atoms with Gasteiger partial charge in [-0.25, -0.2) is 9.59 Å². The second-order valence-electron chi connectivity index (χ2n) is 5.76. The highest BCUT2D eigenvalue weighted by Crippen LogP contribution is 2.25. The molecule has 1 aromatic rings. The van der Waals surface area contributed by atoms with E-state index in [1.807, 2.05) is 20.1 Å². The van der Waals surface area contributed by atoms with Gasteiger partial charge in [0.05, 0.1) is 0 Å². The van der Waals surface area contributed by atoms with Crippen molar-refractivity contribution in [3.8, 4) is 0 Å². The molecule has 0 unspecified atom stereocenters. The lowest BCUT2D eigenvalue weighted by atomic mass is 9.96. The van der Waals surface area contributed by atoms with Crippen molar-refractivity contribution in [2.45, 2.75) is 64.8 Å². The lowest BCUT2D eigenvalue weighted by molar-refractivity contribution is 0.169. The molecule has 0 aliphatic heterocycles. The molecule has 0 bridgehead atoms. The topological polar surface area (TPSA) is 73.2 Å². The van der Waals surface area contributed by atoms with Crippen molar-refractivity contribution in [2.24, 2.45) is 0 Å². The van der Waals surface area contributed by atoms with Gasteiger partial charge in [-0.15, -0.1) is 0 Å². The first-order valence-electron chi connectivity index (χ1n) is 9.22. The Labute approximate surface area is 154 Å². The third-order valence-corrected chi connectivity index (χ3v) is 4.62. The molecule has 0 aromatic carbocycles. The summed E-state index contributed by atoms with van der Waals surface area (Å²) in [5, 5.41) is 2.50. The average Bonchev–Trinajstić information content (AvgIpc) is 2.58. The molecule has 25 heavy (non-hydrogen) atoms. The number of carbonyl (C=O) groups excluding carboxylic acids is 1. The average molecular weight is 370 g/mol. The Morgan fingerprint density at radius 2 is 1.92 bits per heavy atom. The van der Waals surface area contributed by atoms with Crippen LogP contribution in [0.25, 0.3) is 0 Å². The second kappa shape index (κ2) is 12.8. The molecule has 1 aromatic heterocycles. The molecule has 1 fully saturated rings. The molecule has 142 valence electrons. The first-order chi connectivity index (χ1) is 12.2. The van der Waals surface area contributed by atoms with Crippen molar-refractivity contribution in [1.29, 1.82) is 0 Å². The fourth-order valence-corrected chi connectivity index (χ4v) is 3.08. The second-order valence-corrected chi connectivity index (χ2v) is 6.74. The standard InChI is InChI=1S/C16H25N3O3S.C2H6/c1-23-12-11-22-16(21)18-14-9-10-19(15(20)17-14)13-7-5-3-2-4-6-8-13;1-2/h9-10,13H,2-8,11-12H2,1H3,(H,17,18,20,21);1-2H3. The molecule has 6 nitrogen and oxygen atoms in total. The number of rotatable bonds is 5. The number of ether oxygens (including phenoxy) is 1. The van der Waals surface area contributed by atoms with Crippen molar-refractivity contribution < 1.29 is 9.53 Å². The molecule has 1 saturated carbocycles. The summed E-state index contributed by atoms with van der Waals surface area (Å²) < 4.78 is 6.69. The quantitative estimate of drug-likeness (QED) is 0.775. The number of nitrogens with one attached hydrogen (secondary N) is 1. The van der Waals surface area contributed by atoms with Crippen LogP contribution in [0.1, 0.15) is 64.8 Å². The molecule has 1 aliphatic rings. The number of aromatic nitrogens is 2. The Bertz CT molecular complexity index is 555. The van der Waals surface area contributed by atoms with E-state index in [0.29, 0.717) is 6.61 Å². The minimum absolute atomic E-state index is 0.220. The van der Waals surface area contributed by atoms with Gasteiger partial charge in [0.25, 0.3) is 0 Å². The summed E-state index contributed by atoms with van der Waals surface area (Å²) in [6, 6.07) is 1.88. The van der Waals surface area contributed by atoms with E-state index in [4.69, 9.17) is 4.74 Å². The minimum atomic E-state index is -0.574. The largest absolute Gasteiger partial charge is 0.448 e. The number of amides is 1. The Morgan fingerprint density at radius 3 is 2.52 bits per heavy atom. The van der Waals surface area contributed by atoms with E-state index < -0.39 is 6.09 Å². The van der Waals surface area contributed by atoms with E-state index in [-0.39, 0.29) is 17.5 Å². The fourth-order valence-electron chi connectivity index (χ4n) is 2.83. The van der Waals surface area contributed by atoms with E-state index in [1.54, 1.807) is 28.6 Å². The Morgan fingerprint density at radius 1 is 1.28 bits per heavy atom. The Hall–Kier alpha value is -1.50. The maximum Gasteiger partial charge on any atom is 0.412 e. The number of nitrogens with zero attached hydrogens (tertiary/aromatic N) is 2. The molecule has 2 rings (SSSR count). The van der Waals surface area contributed by atoms with Gasteiger partial charge in [0.2, 0.25) is 0 Å². The fraction of sp³-hybridized carbons (Fsp3) is 0.722. The normalized spacial score (nSPS) is 15.3. The number of hydrogen-bond donors (Lipinski definition) is 1. The minimum Gasteiger partial charge on any atom is -0.448 e. The molecule has 0 atom stereocenters. The van der Waals surface area contributed by atoms with Crippen molar-refractivity contribution >= 4 is 23.7 Å². The van der Waals surface area contributed by atoms with Gasteiger partial charge >= 0.3 is 11.8 Å². The highest BCUT2D eigenvalue weighted by molar-refractivity contribution is 7.98. The summed E-state index contributed by atoms with van der Waals surface area (Å²) in [4.78, 5) is 27.8. The third-order valence-electron chi connectivity index (χ3n) is 4.05. The third kappa shape index (κ3) is 7.94. The van der Waals surface area contributed by atoms with Crippen LogP contribution in [0, 0.1) is 0 Å². The van der Waals surface area contributed by atoms with E-state index in [1.165, 1.54) is 19.3 Å². The number of thioether (sulfide) groups is 1. The SMILES string of the molecule is CC.CSCCOC(=O)Nc1ccn(C2CCCCCCC2)c(=O)n1. The van der Waals surface area contributed by atoms with E-state index in [2.05, 4.69) is 10.3 Å². The van der Waals surface area contributed by atoms with Crippen LogP contribution in [0.5, 0.6) is 0 Å². The summed E-state index contributed by atoms with van der Waals surface area (Å²) in [5.74, 6) is 0.982. The summed E-state index contributed by atoms with van der Waals surface area (Å²) in [6.07, 6.45) is 11.2. The van der Waals surface area contributed by atoms with Crippen molar-refractivity contribution in [1.82, 2.24) is 9.55 Å². The van der Waals surface area contributed by atoms with Crippen molar-refractivity contribution in [3.05, 3.63) is 22.7 Å². The smallest absolute Gasteiger partial charge is 0.412 e. The first-order valence-corrected chi connectivity index (χ1v) is 10.6. The van der Waals surface area contributed by atoms with Crippen LogP contribution in [0.3, 0.4) is 0 Å². The molecular weight excluding hydrogens is 338 g/mol. The van der Waals surface area contributed by atoms with Crippen LogP contribution < -0.4 is 11.0 Å². The molecular formula is C18H31N3O3S. The molecule has 7 heteroatoms. The van der Waals surface area contributed by atoms with Gasteiger partial charge in [-0.05, 0) is 25.2 Å². The predicted octanol–water partition coefficient (Wildman–Crippen LogP) is 4.47. The lowest BCUT2D eigenvalue weighted by Gasteiger charge is -2.21. The maximum absolute atomic E-state index is 12.2. The van der Waals surface area contributed by atoms with Gasteiger partial charge in [0.15, 0.2) is 0 Å². The summed E-state index contributed by atoms with van der Waals surface area (Å²) in [6.45, 7) is 4.34. The van der Waals surface area contributed by atoms with Gasteiger partial charge in [0, 0.05) is 18.0 Å². The molecule has 0 radical (unpaired) electrons. The van der Waals surface area contributed by atoms with Crippen LogP contribution in [-0.4, -0.2) is 34.3 Å². The zero-order valence-corrected chi connectivity index (χ0v) is 16.4. The van der Waals surface area contributed by atoms with E-state index in [9.17, 15) is 9.59 Å². The first kappa shape index (κ1) is 21.5. The lowest BCUT2D eigenvalue weighted by Crippen LogP contribution is -2.28. The Balaban J connectivity index is 0.00000151. The maximum atomic E-state index is 12.2. The Kier molecular flexibility index (Phi) is 11.0. The van der Waals surface area contributed by atoms with Crippen molar-refractivity contribution in [3.63, 3.8) is 0 Å². The van der Waals surface area contributed by atoms with Crippen LogP contribution >= 0.6 is 11.8 Å².